The lowest BCUT2D eigenvalue weighted by molar-refractivity contribution is 0.478. The molecule has 0 spiro atoms. The second-order valence-corrected chi connectivity index (χ2v) is 4.50. The molecule has 1 aliphatic rings. The van der Waals surface area contributed by atoms with E-state index in [1.165, 1.54) is 12.8 Å². The number of nitrogens with zero attached hydrogens (tertiary/aromatic N) is 3. The van der Waals surface area contributed by atoms with Crippen molar-refractivity contribution in [3.8, 4) is 0 Å². The maximum atomic E-state index is 4.42. The van der Waals surface area contributed by atoms with Gasteiger partial charge in [0.05, 0.1) is 5.39 Å². The van der Waals surface area contributed by atoms with Crippen LogP contribution in [0.25, 0.3) is 11.0 Å². The van der Waals surface area contributed by atoms with Gasteiger partial charge < -0.3 is 9.88 Å². The van der Waals surface area contributed by atoms with Crippen LogP contribution in [0.3, 0.4) is 0 Å². The third-order valence-corrected chi connectivity index (χ3v) is 3.51. The molecule has 0 atom stereocenters. The molecule has 2 aromatic heterocycles. The summed E-state index contributed by atoms with van der Waals surface area (Å²) in [5.74, 6) is 1.72. The monoisotopic (exact) mass is 228 g/mol. The van der Waals surface area contributed by atoms with Gasteiger partial charge in [0, 0.05) is 19.3 Å². The largest absolute Gasteiger partial charge is 0.356 e. The molecule has 1 fully saturated rings. The highest BCUT2D eigenvalue weighted by molar-refractivity contribution is 5.87. The van der Waals surface area contributed by atoms with E-state index in [0.29, 0.717) is 5.92 Å². The molecule has 88 valence electrons. The quantitative estimate of drug-likeness (QED) is 0.802. The number of aromatic nitrogens is 3. The van der Waals surface area contributed by atoms with Gasteiger partial charge in [0.15, 0.2) is 0 Å². The Bertz CT molecular complexity index is 523. The molecule has 2 aromatic rings. The molecular formula is C13H16N4. The topological polar surface area (TPSA) is 44.8 Å². The molecule has 0 amide bonds. The SMILES string of the molecule is C=CC1CCN(c2ncnc3[nH]ccc23)CC1. The number of aromatic amines is 1. The van der Waals surface area contributed by atoms with Gasteiger partial charge in [0.2, 0.25) is 0 Å². The first kappa shape index (κ1) is 10.3. The molecule has 1 saturated heterocycles. The van der Waals surface area contributed by atoms with Gasteiger partial charge in [-0.05, 0) is 24.8 Å². The molecule has 0 unspecified atom stereocenters. The lowest BCUT2D eigenvalue weighted by atomic mass is 9.97. The van der Waals surface area contributed by atoms with Crippen molar-refractivity contribution < 1.29 is 0 Å². The van der Waals surface area contributed by atoms with Gasteiger partial charge in [-0.25, -0.2) is 9.97 Å². The summed E-state index contributed by atoms with van der Waals surface area (Å²) in [6.45, 7) is 5.97. The first-order chi connectivity index (χ1) is 8.38. The minimum Gasteiger partial charge on any atom is -0.356 e. The highest BCUT2D eigenvalue weighted by atomic mass is 15.2. The molecule has 0 saturated carbocycles. The Labute approximate surface area is 100 Å². The van der Waals surface area contributed by atoms with Gasteiger partial charge in [-0.1, -0.05) is 6.08 Å². The Morgan fingerprint density at radius 3 is 2.94 bits per heavy atom. The number of piperidine rings is 1. The number of hydrogen-bond donors (Lipinski definition) is 1. The Morgan fingerprint density at radius 2 is 2.18 bits per heavy atom. The fraction of sp³-hybridized carbons (Fsp3) is 0.385. The van der Waals surface area contributed by atoms with Crippen LogP contribution in [0.15, 0.2) is 31.2 Å². The number of H-pyrrole nitrogens is 1. The van der Waals surface area contributed by atoms with Gasteiger partial charge in [0.25, 0.3) is 0 Å². The minimum absolute atomic E-state index is 0.662. The van der Waals surface area contributed by atoms with Gasteiger partial charge in [0.1, 0.15) is 17.8 Å². The van der Waals surface area contributed by atoms with E-state index in [1.807, 2.05) is 12.3 Å². The molecular weight excluding hydrogens is 212 g/mol. The van der Waals surface area contributed by atoms with Crippen LogP contribution in [0.4, 0.5) is 5.82 Å². The van der Waals surface area contributed by atoms with E-state index in [4.69, 9.17) is 0 Å². The summed E-state index contributed by atoms with van der Waals surface area (Å²) >= 11 is 0. The van der Waals surface area contributed by atoms with E-state index in [1.54, 1.807) is 6.33 Å². The van der Waals surface area contributed by atoms with Crippen molar-refractivity contribution in [2.75, 3.05) is 18.0 Å². The fourth-order valence-corrected chi connectivity index (χ4v) is 2.46. The van der Waals surface area contributed by atoms with Gasteiger partial charge in [-0.15, -0.1) is 6.58 Å². The average molecular weight is 228 g/mol. The number of nitrogens with one attached hydrogen (secondary N) is 1. The van der Waals surface area contributed by atoms with Crippen molar-refractivity contribution in [3.05, 3.63) is 31.2 Å². The number of allylic oxidation sites excluding steroid dienone is 1. The Kier molecular flexibility index (Phi) is 2.55. The first-order valence-corrected chi connectivity index (χ1v) is 6.04. The molecule has 0 bridgehead atoms. The smallest absolute Gasteiger partial charge is 0.142 e. The molecule has 0 aromatic carbocycles. The molecule has 0 aliphatic carbocycles. The Morgan fingerprint density at radius 1 is 1.35 bits per heavy atom. The van der Waals surface area contributed by atoms with Gasteiger partial charge in [-0.3, -0.25) is 0 Å². The van der Waals surface area contributed by atoms with Crippen molar-refractivity contribution in [2.24, 2.45) is 5.92 Å². The summed E-state index contributed by atoms with van der Waals surface area (Å²) < 4.78 is 0. The van der Waals surface area contributed by atoms with Crippen LogP contribution in [-0.2, 0) is 0 Å². The molecule has 4 nitrogen and oxygen atoms in total. The van der Waals surface area contributed by atoms with E-state index in [0.717, 1.165) is 29.9 Å². The number of fused-ring (bicyclic) bond motifs is 1. The molecule has 0 radical (unpaired) electrons. The van der Waals surface area contributed by atoms with Crippen LogP contribution < -0.4 is 4.90 Å². The predicted molar refractivity (Wildman–Crippen MR) is 69.0 cm³/mol. The van der Waals surface area contributed by atoms with Gasteiger partial charge in [-0.2, -0.15) is 0 Å². The average Bonchev–Trinajstić information content (AvgIpc) is 2.87. The van der Waals surface area contributed by atoms with Crippen LogP contribution in [0.5, 0.6) is 0 Å². The lowest BCUT2D eigenvalue weighted by Gasteiger charge is -2.31. The maximum absolute atomic E-state index is 4.42. The molecule has 17 heavy (non-hydrogen) atoms. The number of anilines is 1. The maximum Gasteiger partial charge on any atom is 0.142 e. The molecule has 4 heteroatoms. The van der Waals surface area contributed by atoms with Crippen molar-refractivity contribution in [3.63, 3.8) is 0 Å². The summed E-state index contributed by atoms with van der Waals surface area (Å²) in [6, 6.07) is 2.05. The van der Waals surface area contributed by atoms with E-state index in [2.05, 4.69) is 32.5 Å². The van der Waals surface area contributed by atoms with Crippen molar-refractivity contribution in [1.29, 1.82) is 0 Å². The van der Waals surface area contributed by atoms with E-state index in [9.17, 15) is 0 Å². The van der Waals surface area contributed by atoms with Crippen LogP contribution in [0.2, 0.25) is 0 Å². The molecule has 3 heterocycles. The third-order valence-electron chi connectivity index (χ3n) is 3.51. The highest BCUT2D eigenvalue weighted by Gasteiger charge is 2.19. The van der Waals surface area contributed by atoms with Gasteiger partial charge >= 0.3 is 0 Å². The molecule has 3 rings (SSSR count). The van der Waals surface area contributed by atoms with E-state index < -0.39 is 0 Å². The zero-order valence-electron chi connectivity index (χ0n) is 9.76. The third kappa shape index (κ3) is 1.79. The molecule has 1 N–H and O–H groups in total. The Hall–Kier alpha value is -1.84. The van der Waals surface area contributed by atoms with Crippen molar-refractivity contribution in [2.45, 2.75) is 12.8 Å². The number of hydrogen-bond acceptors (Lipinski definition) is 3. The van der Waals surface area contributed by atoms with Crippen LogP contribution in [0, 0.1) is 5.92 Å². The predicted octanol–water partition coefficient (Wildman–Crippen LogP) is 2.36. The van der Waals surface area contributed by atoms with Crippen molar-refractivity contribution >= 4 is 16.9 Å². The lowest BCUT2D eigenvalue weighted by Crippen LogP contribution is -2.33. The second kappa shape index (κ2) is 4.20. The van der Waals surface area contributed by atoms with E-state index >= 15 is 0 Å². The zero-order chi connectivity index (χ0) is 11.7. The van der Waals surface area contributed by atoms with Crippen molar-refractivity contribution in [1.82, 2.24) is 15.0 Å². The first-order valence-electron chi connectivity index (χ1n) is 6.04. The number of rotatable bonds is 2. The van der Waals surface area contributed by atoms with Crippen LogP contribution in [-0.4, -0.2) is 28.0 Å². The summed E-state index contributed by atoms with van der Waals surface area (Å²) in [5, 5.41) is 1.12. The second-order valence-electron chi connectivity index (χ2n) is 4.50. The Balaban J connectivity index is 1.89. The summed E-state index contributed by atoms with van der Waals surface area (Å²) in [4.78, 5) is 14.1. The minimum atomic E-state index is 0.662. The van der Waals surface area contributed by atoms with Crippen LogP contribution in [0.1, 0.15) is 12.8 Å². The fourth-order valence-electron chi connectivity index (χ4n) is 2.46. The molecule has 1 aliphatic heterocycles. The zero-order valence-corrected chi connectivity index (χ0v) is 9.76. The summed E-state index contributed by atoms with van der Waals surface area (Å²) in [5.41, 5.74) is 0.917. The van der Waals surface area contributed by atoms with E-state index in [-0.39, 0.29) is 0 Å². The standard InChI is InChI=1S/C13H16N4/c1-2-10-4-7-17(8-5-10)13-11-3-6-14-12(11)15-9-16-13/h2-3,6,9-10H,1,4-5,7-8H2,(H,14,15,16). The van der Waals surface area contributed by atoms with Crippen LogP contribution >= 0.6 is 0 Å². The normalized spacial score (nSPS) is 17.5. The summed E-state index contributed by atoms with van der Waals surface area (Å²) in [7, 11) is 0. The highest BCUT2D eigenvalue weighted by Crippen LogP contribution is 2.26. The summed E-state index contributed by atoms with van der Waals surface area (Å²) in [6.07, 6.45) is 7.95.